The molecule has 2 atom stereocenters. The molecule has 1 amide bonds. The Balaban J connectivity index is 2.07. The van der Waals surface area contributed by atoms with Gasteiger partial charge in [0, 0.05) is 19.5 Å². The van der Waals surface area contributed by atoms with Crippen LogP contribution in [0.25, 0.3) is 0 Å². The van der Waals surface area contributed by atoms with E-state index in [0.29, 0.717) is 12.5 Å². The smallest absolute Gasteiger partial charge is 0.217 e. The lowest BCUT2D eigenvalue weighted by Gasteiger charge is -1.98. The second-order valence-electron chi connectivity index (χ2n) is 2.67. The molecule has 0 aromatic carbocycles. The van der Waals surface area contributed by atoms with E-state index in [4.69, 9.17) is 5.21 Å². The first-order valence-corrected chi connectivity index (χ1v) is 3.38. The van der Waals surface area contributed by atoms with Gasteiger partial charge >= 0.3 is 0 Å². The second-order valence-corrected chi connectivity index (χ2v) is 2.67. The molecule has 0 radical (unpaired) electrons. The van der Waals surface area contributed by atoms with Crippen molar-refractivity contribution in [1.29, 1.82) is 0 Å². The largest absolute Gasteiger partial charge is 0.353 e. The zero-order valence-corrected chi connectivity index (χ0v) is 5.92. The Morgan fingerprint density at radius 3 is 3.00 bits per heavy atom. The minimum absolute atomic E-state index is 0.00504. The van der Waals surface area contributed by atoms with Gasteiger partial charge < -0.3 is 10.5 Å². The molecule has 0 aromatic heterocycles. The number of carbonyl (C=O) groups is 1. The van der Waals surface area contributed by atoms with Gasteiger partial charge in [0.15, 0.2) is 0 Å². The summed E-state index contributed by atoms with van der Waals surface area (Å²) < 4.78 is 0. The number of rotatable bonds is 3. The highest BCUT2D eigenvalue weighted by Crippen LogP contribution is 2.28. The lowest BCUT2D eigenvalue weighted by atomic mass is 10.4. The Bertz CT molecular complexity index is 138. The van der Waals surface area contributed by atoms with Gasteiger partial charge in [0.1, 0.15) is 0 Å². The van der Waals surface area contributed by atoms with Crippen molar-refractivity contribution in [2.45, 2.75) is 19.4 Å². The Hall–Kier alpha value is -0.610. The summed E-state index contributed by atoms with van der Waals surface area (Å²) in [7, 11) is 0. The van der Waals surface area contributed by atoms with E-state index >= 15 is 0 Å². The number of amides is 1. The lowest BCUT2D eigenvalue weighted by molar-refractivity contribution is -0.119. The maximum absolute atomic E-state index is 10.4. The zero-order chi connectivity index (χ0) is 7.56. The summed E-state index contributed by atoms with van der Waals surface area (Å²) in [6.07, 6.45) is 0.979. The van der Waals surface area contributed by atoms with E-state index in [1.807, 2.05) is 0 Å². The van der Waals surface area contributed by atoms with Crippen LogP contribution >= 0.6 is 0 Å². The van der Waals surface area contributed by atoms with E-state index in [0.717, 1.165) is 6.42 Å². The predicted octanol–water partition coefficient (Wildman–Crippen LogP) is -0.510. The van der Waals surface area contributed by atoms with Crippen molar-refractivity contribution in [3.63, 3.8) is 0 Å². The molecule has 10 heavy (non-hydrogen) atoms. The molecule has 1 aliphatic carbocycles. The van der Waals surface area contributed by atoms with Gasteiger partial charge in [-0.2, -0.15) is 0 Å². The van der Waals surface area contributed by atoms with Crippen molar-refractivity contribution < 1.29 is 10.0 Å². The van der Waals surface area contributed by atoms with Gasteiger partial charge in [0.05, 0.1) is 0 Å². The van der Waals surface area contributed by atoms with Crippen molar-refractivity contribution in [2.75, 3.05) is 6.54 Å². The third-order valence-corrected chi connectivity index (χ3v) is 1.66. The number of hydroxylamine groups is 1. The Morgan fingerprint density at radius 2 is 2.50 bits per heavy atom. The van der Waals surface area contributed by atoms with Gasteiger partial charge in [-0.25, -0.2) is 5.48 Å². The second kappa shape index (κ2) is 2.98. The first kappa shape index (κ1) is 7.50. The van der Waals surface area contributed by atoms with Crippen LogP contribution in [0.2, 0.25) is 0 Å². The van der Waals surface area contributed by atoms with Gasteiger partial charge in [-0.3, -0.25) is 4.79 Å². The van der Waals surface area contributed by atoms with Crippen LogP contribution < -0.4 is 10.8 Å². The molecule has 0 aromatic rings. The maximum atomic E-state index is 10.4. The van der Waals surface area contributed by atoms with E-state index in [1.54, 1.807) is 0 Å². The molecule has 0 spiro atoms. The molecule has 1 saturated carbocycles. The molecular weight excluding hydrogens is 132 g/mol. The van der Waals surface area contributed by atoms with Crippen LogP contribution in [0.1, 0.15) is 13.3 Å². The molecule has 58 valence electrons. The average Bonchev–Trinajstić information content (AvgIpc) is 2.47. The molecule has 0 bridgehead atoms. The van der Waals surface area contributed by atoms with Gasteiger partial charge in [-0.05, 0) is 12.3 Å². The summed E-state index contributed by atoms with van der Waals surface area (Å²) >= 11 is 0. The summed E-state index contributed by atoms with van der Waals surface area (Å²) in [5.74, 6) is 0.430. The van der Waals surface area contributed by atoms with Crippen molar-refractivity contribution in [3.05, 3.63) is 0 Å². The normalized spacial score (nSPS) is 29.8. The highest BCUT2D eigenvalue weighted by atomic mass is 16.5. The molecule has 0 aliphatic heterocycles. The van der Waals surface area contributed by atoms with Gasteiger partial charge in [0.2, 0.25) is 5.91 Å². The van der Waals surface area contributed by atoms with Gasteiger partial charge in [0.25, 0.3) is 0 Å². The molecule has 1 aliphatic rings. The third-order valence-electron chi connectivity index (χ3n) is 1.66. The van der Waals surface area contributed by atoms with Crippen LogP contribution in [0.15, 0.2) is 0 Å². The number of hydrogen-bond donors (Lipinski definition) is 3. The van der Waals surface area contributed by atoms with Crippen LogP contribution in [0.4, 0.5) is 0 Å². The first-order valence-electron chi connectivity index (χ1n) is 3.38. The fourth-order valence-corrected chi connectivity index (χ4v) is 1.03. The molecule has 0 saturated heterocycles. The third kappa shape index (κ3) is 1.97. The first-order chi connectivity index (χ1) is 4.74. The summed E-state index contributed by atoms with van der Waals surface area (Å²) in [5.41, 5.74) is 2.08. The zero-order valence-electron chi connectivity index (χ0n) is 5.92. The monoisotopic (exact) mass is 144 g/mol. The lowest BCUT2D eigenvalue weighted by Crippen LogP contribution is -2.26. The van der Waals surface area contributed by atoms with E-state index in [9.17, 15) is 4.79 Å². The highest BCUT2D eigenvalue weighted by Gasteiger charge is 2.36. The van der Waals surface area contributed by atoms with Crippen LogP contribution in [0, 0.1) is 5.92 Å². The molecule has 2 unspecified atom stereocenters. The molecular formula is C6H12N2O2. The average molecular weight is 144 g/mol. The summed E-state index contributed by atoms with van der Waals surface area (Å²) in [6.45, 7) is 2.08. The maximum Gasteiger partial charge on any atom is 0.217 e. The van der Waals surface area contributed by atoms with E-state index in [-0.39, 0.29) is 11.9 Å². The predicted molar refractivity (Wildman–Crippen MR) is 35.5 cm³/mol. The van der Waals surface area contributed by atoms with Gasteiger partial charge in [-0.1, -0.05) is 0 Å². The summed E-state index contributed by atoms with van der Waals surface area (Å²) in [4.78, 5) is 10.4. The molecule has 3 N–H and O–H groups in total. The van der Waals surface area contributed by atoms with E-state index < -0.39 is 0 Å². The molecule has 1 fully saturated rings. The minimum Gasteiger partial charge on any atom is -0.353 e. The fourth-order valence-electron chi connectivity index (χ4n) is 1.03. The fraction of sp³-hybridized carbons (Fsp3) is 0.833. The van der Waals surface area contributed by atoms with Crippen LogP contribution in [-0.4, -0.2) is 23.7 Å². The summed E-state index contributed by atoms with van der Waals surface area (Å²) in [5, 5.41) is 11.0. The van der Waals surface area contributed by atoms with Crippen molar-refractivity contribution in [1.82, 2.24) is 10.8 Å². The van der Waals surface area contributed by atoms with Crippen LogP contribution in [0.5, 0.6) is 0 Å². The van der Waals surface area contributed by atoms with Crippen LogP contribution in [0.3, 0.4) is 0 Å². The Labute approximate surface area is 59.6 Å². The van der Waals surface area contributed by atoms with Crippen molar-refractivity contribution >= 4 is 5.91 Å². The number of carbonyl (C=O) groups excluding carboxylic acids is 1. The van der Waals surface area contributed by atoms with Crippen molar-refractivity contribution in [2.24, 2.45) is 5.92 Å². The van der Waals surface area contributed by atoms with E-state index in [1.165, 1.54) is 6.92 Å². The standard InChI is InChI=1S/C6H12N2O2/c1-4(9)8-6-2-5(6)3-7-10/h5-7,10H,2-3H2,1H3,(H,8,9). The van der Waals surface area contributed by atoms with Gasteiger partial charge in [-0.15, -0.1) is 0 Å². The number of hydrogen-bond acceptors (Lipinski definition) is 3. The van der Waals surface area contributed by atoms with Crippen LogP contribution in [-0.2, 0) is 4.79 Å². The molecule has 4 nitrogen and oxygen atoms in total. The number of nitrogens with one attached hydrogen (secondary N) is 2. The Kier molecular flexibility index (Phi) is 2.24. The minimum atomic E-state index is 0.00504. The summed E-state index contributed by atoms with van der Waals surface area (Å²) in [6, 6.07) is 0.289. The molecule has 4 heteroatoms. The Morgan fingerprint density at radius 1 is 1.80 bits per heavy atom. The van der Waals surface area contributed by atoms with E-state index in [2.05, 4.69) is 10.8 Å². The SMILES string of the molecule is CC(=O)NC1CC1CNO. The molecule has 0 heterocycles. The molecule has 1 rings (SSSR count). The van der Waals surface area contributed by atoms with Crippen molar-refractivity contribution in [3.8, 4) is 0 Å². The highest BCUT2D eigenvalue weighted by molar-refractivity contribution is 5.73. The topological polar surface area (TPSA) is 61.4 Å². The quantitative estimate of drug-likeness (QED) is 0.467.